The number of carbonyl (C=O) groups excluding carboxylic acids is 1. The minimum Gasteiger partial charge on any atom is -0.352 e. The van der Waals surface area contributed by atoms with Gasteiger partial charge in [-0.2, -0.15) is 13.2 Å². The zero-order valence-electron chi connectivity index (χ0n) is 23.7. The van der Waals surface area contributed by atoms with E-state index in [1.807, 2.05) is 12.2 Å². The number of benzene rings is 1. The second-order valence-corrected chi connectivity index (χ2v) is 12.0. The van der Waals surface area contributed by atoms with E-state index in [1.54, 1.807) is 6.08 Å². The van der Waals surface area contributed by atoms with Crippen molar-refractivity contribution in [1.82, 2.24) is 10.2 Å². The SMILES string of the molecule is C#C/C=C\C=C/C/C=C\C1CCN(C2CCC(C(=O)NCc3cc(F)cc(C(F)(F)F)c3)(C3CC3CN)C2)CC1C. The number of amides is 1. The van der Waals surface area contributed by atoms with Gasteiger partial charge in [0.25, 0.3) is 0 Å². The van der Waals surface area contributed by atoms with Gasteiger partial charge in [-0.3, -0.25) is 4.79 Å². The van der Waals surface area contributed by atoms with Crippen LogP contribution in [-0.4, -0.2) is 36.5 Å². The van der Waals surface area contributed by atoms with Crippen molar-refractivity contribution in [2.24, 2.45) is 34.8 Å². The molecule has 8 heteroatoms. The number of hydrogen-bond donors (Lipinski definition) is 2. The molecule has 222 valence electrons. The number of nitrogens with two attached hydrogens (primary N) is 1. The molecule has 3 N–H and O–H groups in total. The maximum absolute atomic E-state index is 13.9. The van der Waals surface area contributed by atoms with E-state index in [4.69, 9.17) is 12.2 Å². The van der Waals surface area contributed by atoms with Crippen molar-refractivity contribution in [1.29, 1.82) is 0 Å². The third-order valence-corrected chi connectivity index (χ3v) is 9.26. The molecule has 0 bridgehead atoms. The van der Waals surface area contributed by atoms with E-state index in [0.29, 0.717) is 24.4 Å². The Morgan fingerprint density at radius 3 is 2.73 bits per heavy atom. The first-order valence-electron chi connectivity index (χ1n) is 14.6. The van der Waals surface area contributed by atoms with Gasteiger partial charge in [-0.05, 0) is 105 Å². The lowest BCUT2D eigenvalue weighted by Crippen LogP contribution is -2.46. The smallest absolute Gasteiger partial charge is 0.352 e. The number of carbonyl (C=O) groups is 1. The standard InChI is InChI=1S/C33H41F4N3O/c1-3-4-5-6-7-8-9-10-25-12-14-40(22-23(25)2)29-11-13-32(19-29,30-17-26(30)20-38)31(41)39-21-24-15-27(33(35,36)37)18-28(34)16-24/h1,4-7,9-10,15-16,18,23,25-26,29-30H,8,11-14,17,19-22,38H2,2H3,(H,39,41)/b5-4-,7-6-,10-9-. The Morgan fingerprint density at radius 2 is 2.05 bits per heavy atom. The minimum atomic E-state index is -4.65. The zero-order valence-corrected chi connectivity index (χ0v) is 23.7. The van der Waals surface area contributed by atoms with Crippen LogP contribution in [-0.2, 0) is 17.5 Å². The second kappa shape index (κ2) is 13.4. The molecule has 3 aliphatic rings. The van der Waals surface area contributed by atoms with Gasteiger partial charge >= 0.3 is 6.18 Å². The molecule has 6 atom stereocenters. The highest BCUT2D eigenvalue weighted by Crippen LogP contribution is 2.59. The van der Waals surface area contributed by atoms with Gasteiger partial charge in [-0.15, -0.1) is 6.42 Å². The summed E-state index contributed by atoms with van der Waals surface area (Å²) < 4.78 is 53.4. The Balaban J connectivity index is 1.37. The van der Waals surface area contributed by atoms with Crippen molar-refractivity contribution >= 4 is 5.91 Å². The number of hydrogen-bond acceptors (Lipinski definition) is 3. The van der Waals surface area contributed by atoms with Gasteiger partial charge in [0, 0.05) is 19.1 Å². The van der Waals surface area contributed by atoms with E-state index >= 15 is 0 Å². The van der Waals surface area contributed by atoms with Crippen molar-refractivity contribution in [3.05, 3.63) is 71.6 Å². The summed E-state index contributed by atoms with van der Waals surface area (Å²) in [5, 5.41) is 2.88. The Kier molecular flexibility index (Phi) is 10.1. The van der Waals surface area contributed by atoms with Crippen LogP contribution in [0.3, 0.4) is 0 Å². The number of nitrogens with zero attached hydrogens (tertiary/aromatic N) is 1. The van der Waals surface area contributed by atoms with Gasteiger partial charge in [0.1, 0.15) is 5.82 Å². The van der Waals surface area contributed by atoms with Crippen molar-refractivity contribution in [3.63, 3.8) is 0 Å². The molecule has 1 aliphatic heterocycles. The van der Waals surface area contributed by atoms with Gasteiger partial charge in [0.05, 0.1) is 11.0 Å². The van der Waals surface area contributed by atoms with Crippen molar-refractivity contribution in [2.75, 3.05) is 19.6 Å². The Hall–Kier alpha value is -2.89. The van der Waals surface area contributed by atoms with Crippen LogP contribution in [0.4, 0.5) is 17.6 Å². The Bertz CT molecular complexity index is 1200. The number of halogens is 4. The maximum atomic E-state index is 13.9. The number of alkyl halides is 3. The predicted molar refractivity (Wildman–Crippen MR) is 154 cm³/mol. The van der Waals surface area contributed by atoms with Crippen LogP contribution in [0.2, 0.25) is 0 Å². The number of terminal acetylenes is 1. The monoisotopic (exact) mass is 571 g/mol. The molecular weight excluding hydrogens is 530 g/mol. The molecule has 41 heavy (non-hydrogen) atoms. The van der Waals surface area contributed by atoms with Crippen LogP contribution >= 0.6 is 0 Å². The van der Waals surface area contributed by atoms with E-state index in [1.165, 1.54) is 0 Å². The molecular formula is C33H41F4N3O. The summed E-state index contributed by atoms with van der Waals surface area (Å²) in [7, 11) is 0. The van der Waals surface area contributed by atoms with Crippen molar-refractivity contribution in [3.8, 4) is 12.3 Å². The van der Waals surface area contributed by atoms with E-state index < -0.39 is 23.0 Å². The fraction of sp³-hybridized carbons (Fsp3) is 0.545. The molecule has 3 fully saturated rings. The summed E-state index contributed by atoms with van der Waals surface area (Å²) in [5.41, 5.74) is 4.43. The molecule has 0 spiro atoms. The van der Waals surface area contributed by atoms with Crippen LogP contribution in [0.25, 0.3) is 0 Å². The van der Waals surface area contributed by atoms with Crippen LogP contribution in [0.15, 0.2) is 54.7 Å². The largest absolute Gasteiger partial charge is 0.416 e. The summed E-state index contributed by atoms with van der Waals surface area (Å²) in [5.74, 6) is 2.81. The fourth-order valence-corrected chi connectivity index (χ4v) is 6.94. The summed E-state index contributed by atoms with van der Waals surface area (Å²) in [4.78, 5) is 16.2. The molecule has 1 aromatic carbocycles. The third kappa shape index (κ3) is 7.69. The summed E-state index contributed by atoms with van der Waals surface area (Å²) in [6, 6.07) is 2.71. The van der Waals surface area contributed by atoms with Crippen LogP contribution in [0.5, 0.6) is 0 Å². The van der Waals surface area contributed by atoms with Gasteiger partial charge in [0.15, 0.2) is 0 Å². The molecule has 1 heterocycles. The molecule has 1 aromatic rings. The predicted octanol–water partition coefficient (Wildman–Crippen LogP) is 6.24. The van der Waals surface area contributed by atoms with E-state index in [-0.39, 0.29) is 35.9 Å². The lowest BCUT2D eigenvalue weighted by molar-refractivity contribution is -0.137. The van der Waals surface area contributed by atoms with Gasteiger partial charge in [0.2, 0.25) is 5.91 Å². The fourth-order valence-electron chi connectivity index (χ4n) is 6.94. The molecule has 1 amide bonds. The molecule has 0 radical (unpaired) electrons. The number of nitrogens with one attached hydrogen (secondary N) is 1. The quantitative estimate of drug-likeness (QED) is 0.151. The molecule has 2 aliphatic carbocycles. The molecule has 1 saturated heterocycles. The lowest BCUT2D eigenvalue weighted by Gasteiger charge is -2.40. The van der Waals surface area contributed by atoms with Gasteiger partial charge in [-0.1, -0.05) is 43.2 Å². The average molecular weight is 572 g/mol. The van der Waals surface area contributed by atoms with Crippen molar-refractivity contribution < 1.29 is 22.4 Å². The summed E-state index contributed by atoms with van der Waals surface area (Å²) >= 11 is 0. The Labute approximate surface area is 241 Å². The Morgan fingerprint density at radius 1 is 1.24 bits per heavy atom. The number of rotatable bonds is 10. The molecule has 4 nitrogen and oxygen atoms in total. The summed E-state index contributed by atoms with van der Waals surface area (Å²) in [6.45, 7) is 4.59. The third-order valence-electron chi connectivity index (χ3n) is 9.26. The zero-order chi connectivity index (χ0) is 29.6. The molecule has 2 saturated carbocycles. The highest BCUT2D eigenvalue weighted by molar-refractivity contribution is 5.84. The lowest BCUT2D eigenvalue weighted by atomic mass is 9.78. The first kappa shape index (κ1) is 31.1. The number of piperidine rings is 1. The molecule has 0 aromatic heterocycles. The normalized spacial score (nSPS) is 30.8. The van der Waals surface area contributed by atoms with Crippen LogP contribution in [0.1, 0.15) is 56.6 Å². The highest BCUT2D eigenvalue weighted by atomic mass is 19.4. The van der Waals surface area contributed by atoms with E-state index in [2.05, 4.69) is 41.3 Å². The first-order chi connectivity index (χ1) is 19.6. The molecule has 6 unspecified atom stereocenters. The van der Waals surface area contributed by atoms with E-state index in [9.17, 15) is 22.4 Å². The summed E-state index contributed by atoms with van der Waals surface area (Å²) in [6.07, 6.45) is 17.8. The van der Waals surface area contributed by atoms with Crippen LogP contribution in [0, 0.1) is 47.2 Å². The molecule has 4 rings (SSSR count). The van der Waals surface area contributed by atoms with Crippen molar-refractivity contribution in [2.45, 2.75) is 64.2 Å². The second-order valence-electron chi connectivity index (χ2n) is 12.0. The first-order valence-corrected chi connectivity index (χ1v) is 14.6. The number of likely N-dealkylation sites (tertiary alicyclic amines) is 1. The average Bonchev–Trinajstić information content (AvgIpc) is 3.60. The highest BCUT2D eigenvalue weighted by Gasteiger charge is 2.59. The van der Waals surface area contributed by atoms with Crippen LogP contribution < -0.4 is 11.1 Å². The van der Waals surface area contributed by atoms with Gasteiger partial charge in [-0.25, -0.2) is 4.39 Å². The topological polar surface area (TPSA) is 58.4 Å². The number of allylic oxidation sites excluding steroid dienone is 6. The minimum absolute atomic E-state index is 0.102. The van der Waals surface area contributed by atoms with E-state index in [0.717, 1.165) is 63.7 Å². The van der Waals surface area contributed by atoms with Gasteiger partial charge < -0.3 is 16.0 Å². The maximum Gasteiger partial charge on any atom is 0.416 e.